The van der Waals surface area contributed by atoms with E-state index in [-0.39, 0.29) is 5.92 Å². The highest BCUT2D eigenvalue weighted by Crippen LogP contribution is 2.34. The van der Waals surface area contributed by atoms with Gasteiger partial charge in [0.1, 0.15) is 0 Å². The van der Waals surface area contributed by atoms with E-state index in [1.54, 1.807) is 0 Å². The van der Waals surface area contributed by atoms with Gasteiger partial charge in [-0.3, -0.25) is 4.79 Å². The second-order valence-electron chi connectivity index (χ2n) is 5.11. The Morgan fingerprint density at radius 2 is 2.31 bits per heavy atom. The smallest absolute Gasteiger partial charge is 0.227 e. The minimum Gasteiger partial charge on any atom is -0.345 e. The molecule has 0 aromatic rings. The van der Waals surface area contributed by atoms with Gasteiger partial charge in [0.25, 0.3) is 0 Å². The summed E-state index contributed by atoms with van der Waals surface area (Å²) in [4.78, 5) is 14.1. The predicted molar refractivity (Wildman–Crippen MR) is 64.2 cm³/mol. The number of hydrogen-bond donors (Lipinski definition) is 2. The molecule has 2 saturated heterocycles. The molecule has 2 heterocycles. The zero-order valence-electron chi connectivity index (χ0n) is 10.3. The minimum absolute atomic E-state index is 0.248. The van der Waals surface area contributed by atoms with Crippen molar-refractivity contribution in [2.24, 2.45) is 5.92 Å². The molecule has 3 atom stereocenters. The number of amides is 1. The molecule has 3 unspecified atom stereocenters. The van der Waals surface area contributed by atoms with Crippen molar-refractivity contribution >= 4 is 5.91 Å². The zero-order chi connectivity index (χ0) is 11.5. The molecular weight excluding hydrogens is 202 g/mol. The zero-order valence-corrected chi connectivity index (χ0v) is 10.3. The first kappa shape index (κ1) is 11.9. The van der Waals surface area contributed by atoms with Crippen LogP contribution in [0.1, 0.15) is 25.7 Å². The maximum atomic E-state index is 12.2. The van der Waals surface area contributed by atoms with E-state index in [0.29, 0.717) is 18.0 Å². The number of rotatable bonds is 5. The van der Waals surface area contributed by atoms with Crippen molar-refractivity contribution in [2.75, 3.05) is 27.2 Å². The summed E-state index contributed by atoms with van der Waals surface area (Å²) in [7, 11) is 3.88. The van der Waals surface area contributed by atoms with Gasteiger partial charge in [-0.1, -0.05) is 0 Å². The molecule has 2 aliphatic heterocycles. The number of nitrogens with one attached hydrogen (secondary N) is 2. The van der Waals surface area contributed by atoms with Crippen molar-refractivity contribution in [1.82, 2.24) is 15.5 Å². The average Bonchev–Trinajstić information content (AvgIpc) is 2.90. The summed E-state index contributed by atoms with van der Waals surface area (Å²) in [5.74, 6) is 0.592. The van der Waals surface area contributed by atoms with E-state index in [2.05, 4.69) is 10.6 Å². The summed E-state index contributed by atoms with van der Waals surface area (Å²) in [5, 5.41) is 6.63. The molecule has 4 nitrogen and oxygen atoms in total. The van der Waals surface area contributed by atoms with E-state index in [4.69, 9.17) is 0 Å². The van der Waals surface area contributed by atoms with Gasteiger partial charge >= 0.3 is 0 Å². The average molecular weight is 225 g/mol. The van der Waals surface area contributed by atoms with Crippen molar-refractivity contribution in [2.45, 2.75) is 37.8 Å². The molecule has 2 fully saturated rings. The summed E-state index contributed by atoms with van der Waals surface area (Å²) >= 11 is 0. The van der Waals surface area contributed by atoms with Gasteiger partial charge in [0.15, 0.2) is 0 Å². The minimum atomic E-state index is 0.248. The van der Waals surface area contributed by atoms with Gasteiger partial charge in [-0.15, -0.1) is 0 Å². The van der Waals surface area contributed by atoms with Crippen molar-refractivity contribution in [3.05, 3.63) is 0 Å². The third-order valence-electron chi connectivity index (χ3n) is 3.91. The topological polar surface area (TPSA) is 44.4 Å². The fourth-order valence-electron chi connectivity index (χ4n) is 2.98. The number of carbonyl (C=O) groups excluding carboxylic acids is 1. The molecule has 0 radical (unpaired) electrons. The van der Waals surface area contributed by atoms with Crippen LogP contribution in [0.4, 0.5) is 0 Å². The fourth-order valence-corrected chi connectivity index (χ4v) is 2.98. The quantitative estimate of drug-likeness (QED) is 0.657. The molecule has 0 aliphatic carbocycles. The van der Waals surface area contributed by atoms with E-state index in [1.165, 1.54) is 12.8 Å². The SMILES string of the molecule is CNCCCN(C)C(=O)C1CC2CCC1N2. The van der Waals surface area contributed by atoms with Gasteiger partial charge < -0.3 is 15.5 Å². The Morgan fingerprint density at radius 1 is 1.50 bits per heavy atom. The Hall–Kier alpha value is -0.610. The molecule has 0 saturated carbocycles. The van der Waals surface area contributed by atoms with Gasteiger partial charge in [0.2, 0.25) is 5.91 Å². The highest BCUT2D eigenvalue weighted by Gasteiger charge is 2.43. The normalized spacial score (nSPS) is 32.0. The lowest BCUT2D eigenvalue weighted by molar-refractivity contribution is -0.134. The summed E-state index contributed by atoms with van der Waals surface area (Å²) in [6.07, 6.45) is 4.54. The Bertz CT molecular complexity index is 257. The second-order valence-corrected chi connectivity index (χ2v) is 5.11. The molecular formula is C12H23N3O. The summed E-state index contributed by atoms with van der Waals surface area (Å²) < 4.78 is 0. The van der Waals surface area contributed by atoms with Crippen LogP contribution in [0.2, 0.25) is 0 Å². The molecule has 0 spiro atoms. The van der Waals surface area contributed by atoms with Crippen LogP contribution in [-0.2, 0) is 4.79 Å². The lowest BCUT2D eigenvalue weighted by atomic mass is 9.88. The molecule has 2 N–H and O–H groups in total. The molecule has 0 aromatic heterocycles. The van der Waals surface area contributed by atoms with Crippen LogP contribution in [0, 0.1) is 5.92 Å². The third kappa shape index (κ3) is 2.38. The maximum Gasteiger partial charge on any atom is 0.227 e. The molecule has 4 heteroatoms. The van der Waals surface area contributed by atoms with Crippen LogP contribution >= 0.6 is 0 Å². The van der Waals surface area contributed by atoms with Crippen LogP contribution in [0.3, 0.4) is 0 Å². The molecule has 1 amide bonds. The van der Waals surface area contributed by atoms with Crippen molar-refractivity contribution < 1.29 is 4.79 Å². The van der Waals surface area contributed by atoms with Crippen LogP contribution in [-0.4, -0.2) is 50.1 Å². The fraction of sp³-hybridized carbons (Fsp3) is 0.917. The van der Waals surface area contributed by atoms with E-state index in [1.807, 2.05) is 19.0 Å². The van der Waals surface area contributed by atoms with E-state index >= 15 is 0 Å². The van der Waals surface area contributed by atoms with Crippen LogP contribution in [0.15, 0.2) is 0 Å². The Kier molecular flexibility index (Phi) is 3.82. The summed E-state index contributed by atoms with van der Waals surface area (Å²) in [6, 6.07) is 1.08. The van der Waals surface area contributed by atoms with Gasteiger partial charge in [-0.2, -0.15) is 0 Å². The Balaban J connectivity index is 1.78. The Labute approximate surface area is 97.8 Å². The largest absolute Gasteiger partial charge is 0.345 e. The van der Waals surface area contributed by atoms with Crippen LogP contribution in [0.25, 0.3) is 0 Å². The lowest BCUT2D eigenvalue weighted by Crippen LogP contribution is -2.39. The van der Waals surface area contributed by atoms with Crippen molar-refractivity contribution in [3.8, 4) is 0 Å². The monoisotopic (exact) mass is 225 g/mol. The van der Waals surface area contributed by atoms with Crippen molar-refractivity contribution in [1.29, 1.82) is 0 Å². The first-order chi connectivity index (χ1) is 7.72. The number of fused-ring (bicyclic) bond motifs is 2. The standard InChI is InChI=1S/C12H23N3O/c1-13-6-3-7-15(2)12(16)10-8-9-4-5-11(10)14-9/h9-11,13-14H,3-8H2,1-2H3. The molecule has 16 heavy (non-hydrogen) atoms. The van der Waals surface area contributed by atoms with E-state index < -0.39 is 0 Å². The van der Waals surface area contributed by atoms with E-state index in [0.717, 1.165) is 25.9 Å². The molecule has 0 aromatic carbocycles. The van der Waals surface area contributed by atoms with Crippen LogP contribution < -0.4 is 10.6 Å². The van der Waals surface area contributed by atoms with Gasteiger partial charge in [0, 0.05) is 25.7 Å². The van der Waals surface area contributed by atoms with Crippen molar-refractivity contribution in [3.63, 3.8) is 0 Å². The highest BCUT2D eigenvalue weighted by molar-refractivity contribution is 5.80. The van der Waals surface area contributed by atoms with Gasteiger partial charge in [0.05, 0.1) is 5.92 Å². The Morgan fingerprint density at radius 3 is 2.88 bits per heavy atom. The third-order valence-corrected chi connectivity index (χ3v) is 3.91. The molecule has 2 bridgehead atoms. The summed E-state index contributed by atoms with van der Waals surface area (Å²) in [5.41, 5.74) is 0. The first-order valence-corrected chi connectivity index (χ1v) is 6.38. The number of nitrogens with zero attached hydrogens (tertiary/aromatic N) is 1. The van der Waals surface area contributed by atoms with Crippen LogP contribution in [0.5, 0.6) is 0 Å². The molecule has 2 rings (SSSR count). The van der Waals surface area contributed by atoms with Gasteiger partial charge in [-0.05, 0) is 39.3 Å². The second kappa shape index (κ2) is 5.15. The molecule has 92 valence electrons. The number of hydrogen-bond acceptors (Lipinski definition) is 3. The number of carbonyl (C=O) groups is 1. The maximum absolute atomic E-state index is 12.2. The summed E-state index contributed by atoms with van der Waals surface area (Å²) in [6.45, 7) is 1.85. The highest BCUT2D eigenvalue weighted by atomic mass is 16.2. The molecule has 2 aliphatic rings. The van der Waals surface area contributed by atoms with Gasteiger partial charge in [-0.25, -0.2) is 0 Å². The predicted octanol–water partition coefficient (Wildman–Crippen LogP) is 0.195. The van der Waals surface area contributed by atoms with E-state index in [9.17, 15) is 4.79 Å². The first-order valence-electron chi connectivity index (χ1n) is 6.38. The lowest BCUT2D eigenvalue weighted by Gasteiger charge is -2.25.